The number of amides is 2. The standard InChI is InChI=1S/C27H18N2O2S/c30-25-23-21-16-10-4-5-11-17(16)22(19-13-7-6-12-18(19)21)24(23)26(31)29(25)27-28-20(14-32-27)15-8-2-1-3-9-15/h1-14,21-24H/t21?,22?,23-,24+. The normalized spacial score (nSPS) is 24.9. The maximum absolute atomic E-state index is 13.8. The summed E-state index contributed by atoms with van der Waals surface area (Å²) in [7, 11) is 0. The molecule has 0 radical (unpaired) electrons. The Morgan fingerprint density at radius 3 is 1.62 bits per heavy atom. The van der Waals surface area contributed by atoms with Crippen molar-refractivity contribution >= 4 is 28.3 Å². The molecule has 2 amide bonds. The van der Waals surface area contributed by atoms with Crippen molar-refractivity contribution in [2.24, 2.45) is 11.8 Å². The van der Waals surface area contributed by atoms with E-state index in [0.29, 0.717) is 5.13 Å². The molecule has 0 saturated carbocycles. The van der Waals surface area contributed by atoms with Crippen LogP contribution in [0.5, 0.6) is 0 Å². The van der Waals surface area contributed by atoms with Gasteiger partial charge in [-0.05, 0) is 22.3 Å². The van der Waals surface area contributed by atoms with Gasteiger partial charge in [0.05, 0.1) is 17.5 Å². The molecule has 8 rings (SSSR count). The van der Waals surface area contributed by atoms with Crippen molar-refractivity contribution in [2.75, 3.05) is 4.90 Å². The Labute approximate surface area is 189 Å². The first-order valence-corrected chi connectivity index (χ1v) is 11.7. The lowest BCUT2D eigenvalue weighted by molar-refractivity contribution is -0.122. The van der Waals surface area contributed by atoms with Crippen molar-refractivity contribution < 1.29 is 9.59 Å². The number of nitrogens with zero attached hydrogens (tertiary/aromatic N) is 2. The molecular weight excluding hydrogens is 416 g/mol. The minimum absolute atomic E-state index is 0.0904. The molecule has 3 aromatic carbocycles. The molecule has 4 nitrogen and oxygen atoms in total. The van der Waals surface area contributed by atoms with Crippen LogP contribution in [-0.4, -0.2) is 16.8 Å². The number of imide groups is 1. The molecular formula is C27H18N2O2S. The summed E-state index contributed by atoms with van der Waals surface area (Å²) in [5, 5.41) is 2.39. The van der Waals surface area contributed by atoms with Gasteiger partial charge in [0.2, 0.25) is 11.8 Å². The third kappa shape index (κ3) is 2.24. The third-order valence-electron chi connectivity index (χ3n) is 7.20. The van der Waals surface area contributed by atoms with Crippen molar-refractivity contribution in [2.45, 2.75) is 11.8 Å². The fourth-order valence-electron chi connectivity index (χ4n) is 5.97. The van der Waals surface area contributed by atoms with E-state index in [1.807, 2.05) is 60.0 Å². The lowest BCUT2D eigenvalue weighted by Crippen LogP contribution is -2.41. The van der Waals surface area contributed by atoms with Crippen molar-refractivity contribution in [3.63, 3.8) is 0 Å². The smallest absolute Gasteiger partial charge is 0.240 e. The molecule has 0 spiro atoms. The van der Waals surface area contributed by atoms with E-state index in [1.165, 1.54) is 38.5 Å². The van der Waals surface area contributed by atoms with Crippen LogP contribution < -0.4 is 4.90 Å². The van der Waals surface area contributed by atoms with Crippen molar-refractivity contribution in [3.8, 4) is 11.3 Å². The van der Waals surface area contributed by atoms with E-state index in [0.717, 1.165) is 11.3 Å². The summed E-state index contributed by atoms with van der Waals surface area (Å²) < 4.78 is 0. The number of rotatable bonds is 2. The average molecular weight is 435 g/mol. The van der Waals surface area contributed by atoms with E-state index in [1.54, 1.807) is 0 Å². The zero-order chi connectivity index (χ0) is 21.4. The predicted molar refractivity (Wildman–Crippen MR) is 124 cm³/mol. The average Bonchev–Trinajstić information content (AvgIpc) is 3.43. The number of carbonyl (C=O) groups is 2. The molecule has 2 bridgehead atoms. The largest absolute Gasteiger partial charge is 0.274 e. The Balaban J connectivity index is 1.36. The van der Waals surface area contributed by atoms with Gasteiger partial charge < -0.3 is 0 Å². The molecule has 0 unspecified atom stereocenters. The lowest BCUT2D eigenvalue weighted by Gasteiger charge is -2.45. The van der Waals surface area contributed by atoms with Gasteiger partial charge in [-0.25, -0.2) is 9.88 Å². The van der Waals surface area contributed by atoms with Gasteiger partial charge in [-0.3, -0.25) is 9.59 Å². The van der Waals surface area contributed by atoms with Crippen LogP contribution in [0.1, 0.15) is 34.1 Å². The number of hydrogen-bond donors (Lipinski definition) is 0. The van der Waals surface area contributed by atoms with Crippen LogP contribution in [0.2, 0.25) is 0 Å². The fourth-order valence-corrected chi connectivity index (χ4v) is 6.82. The first-order chi connectivity index (χ1) is 15.7. The number of anilines is 1. The Morgan fingerprint density at radius 2 is 1.12 bits per heavy atom. The molecule has 154 valence electrons. The fraction of sp³-hybridized carbons (Fsp3) is 0.148. The van der Waals surface area contributed by atoms with Crippen LogP contribution in [0, 0.1) is 11.8 Å². The maximum atomic E-state index is 13.8. The molecule has 1 aromatic heterocycles. The topological polar surface area (TPSA) is 50.3 Å². The van der Waals surface area contributed by atoms with Crippen LogP contribution in [0.15, 0.2) is 84.2 Å². The molecule has 3 aliphatic carbocycles. The highest BCUT2D eigenvalue weighted by Crippen LogP contribution is 2.61. The Morgan fingerprint density at radius 1 is 0.656 bits per heavy atom. The second kappa shape index (κ2) is 6.47. The number of aromatic nitrogens is 1. The quantitative estimate of drug-likeness (QED) is 0.407. The summed E-state index contributed by atoms with van der Waals surface area (Å²) >= 11 is 1.36. The summed E-state index contributed by atoms with van der Waals surface area (Å²) in [6.45, 7) is 0. The molecule has 4 aliphatic rings. The number of carbonyl (C=O) groups excluding carboxylic acids is 2. The number of hydrogen-bond acceptors (Lipinski definition) is 4. The molecule has 2 atom stereocenters. The molecule has 32 heavy (non-hydrogen) atoms. The highest BCUT2D eigenvalue weighted by atomic mass is 32.1. The molecule has 1 fully saturated rings. The first-order valence-electron chi connectivity index (χ1n) is 10.8. The second-order valence-corrected chi connectivity index (χ2v) is 9.49. The minimum Gasteiger partial charge on any atom is -0.274 e. The first kappa shape index (κ1) is 18.0. The number of benzene rings is 3. The van der Waals surface area contributed by atoms with Gasteiger partial charge >= 0.3 is 0 Å². The van der Waals surface area contributed by atoms with Gasteiger partial charge in [0.1, 0.15) is 0 Å². The van der Waals surface area contributed by atoms with Crippen LogP contribution >= 0.6 is 11.3 Å². The molecule has 0 N–H and O–H groups in total. The zero-order valence-corrected chi connectivity index (χ0v) is 17.8. The van der Waals surface area contributed by atoms with Crippen molar-refractivity contribution in [1.29, 1.82) is 0 Å². The molecule has 2 heterocycles. The molecule has 1 saturated heterocycles. The van der Waals surface area contributed by atoms with Crippen LogP contribution in [0.4, 0.5) is 5.13 Å². The van der Waals surface area contributed by atoms with Gasteiger partial charge in [0, 0.05) is 22.8 Å². The van der Waals surface area contributed by atoms with E-state index in [9.17, 15) is 9.59 Å². The summed E-state index contributed by atoms with van der Waals surface area (Å²) in [6.07, 6.45) is 0. The molecule has 5 heteroatoms. The zero-order valence-electron chi connectivity index (χ0n) is 17.0. The van der Waals surface area contributed by atoms with Gasteiger partial charge in [0.25, 0.3) is 0 Å². The summed E-state index contributed by atoms with van der Waals surface area (Å²) in [6, 6.07) is 26.5. The van der Waals surface area contributed by atoms with E-state index in [4.69, 9.17) is 4.98 Å². The Bertz CT molecular complexity index is 1290. The van der Waals surface area contributed by atoms with Gasteiger partial charge in [0.15, 0.2) is 5.13 Å². The van der Waals surface area contributed by atoms with Crippen LogP contribution in [-0.2, 0) is 9.59 Å². The van der Waals surface area contributed by atoms with Crippen LogP contribution in [0.3, 0.4) is 0 Å². The maximum Gasteiger partial charge on any atom is 0.240 e. The van der Waals surface area contributed by atoms with Gasteiger partial charge in [-0.1, -0.05) is 78.9 Å². The predicted octanol–water partition coefficient (Wildman–Crippen LogP) is 5.21. The Kier molecular flexibility index (Phi) is 3.65. The highest BCUT2D eigenvalue weighted by Gasteiger charge is 2.62. The third-order valence-corrected chi connectivity index (χ3v) is 8.03. The van der Waals surface area contributed by atoms with Gasteiger partial charge in [-0.2, -0.15) is 0 Å². The van der Waals surface area contributed by atoms with E-state index < -0.39 is 0 Å². The SMILES string of the molecule is O=C1[C@@H]2C3c4ccccc4C(c4ccccc43)[C@@H]2C(=O)N1c1nc(-c2ccccc2)cs1. The lowest BCUT2D eigenvalue weighted by atomic mass is 9.55. The van der Waals surface area contributed by atoms with E-state index in [2.05, 4.69) is 24.3 Å². The summed E-state index contributed by atoms with van der Waals surface area (Å²) in [5.74, 6) is -1.16. The Hall–Kier alpha value is -3.57. The summed E-state index contributed by atoms with van der Waals surface area (Å²) in [4.78, 5) is 33.6. The van der Waals surface area contributed by atoms with Crippen molar-refractivity contribution in [1.82, 2.24) is 4.98 Å². The number of thiazole rings is 1. The van der Waals surface area contributed by atoms with E-state index in [-0.39, 0.29) is 35.5 Å². The van der Waals surface area contributed by atoms with Gasteiger partial charge in [-0.15, -0.1) is 11.3 Å². The monoisotopic (exact) mass is 434 g/mol. The molecule has 1 aliphatic heterocycles. The molecule has 4 aromatic rings. The second-order valence-electron chi connectivity index (χ2n) is 8.66. The highest BCUT2D eigenvalue weighted by molar-refractivity contribution is 7.14. The van der Waals surface area contributed by atoms with E-state index >= 15 is 0 Å². The summed E-state index contributed by atoms with van der Waals surface area (Å²) in [5.41, 5.74) is 6.50. The minimum atomic E-state index is -0.374. The van der Waals surface area contributed by atoms with Crippen molar-refractivity contribution in [3.05, 3.63) is 106 Å². The van der Waals surface area contributed by atoms with Crippen LogP contribution in [0.25, 0.3) is 11.3 Å².